The van der Waals surface area contributed by atoms with Crippen molar-refractivity contribution >= 4 is 5.91 Å². The van der Waals surface area contributed by atoms with Crippen LogP contribution in [0.3, 0.4) is 0 Å². The molecule has 1 amide bonds. The second kappa shape index (κ2) is 9.06. The summed E-state index contributed by atoms with van der Waals surface area (Å²) in [7, 11) is 3.24. The second-order valence-corrected chi connectivity index (χ2v) is 8.47. The van der Waals surface area contributed by atoms with Gasteiger partial charge < -0.3 is 14.4 Å². The van der Waals surface area contributed by atoms with E-state index < -0.39 is 0 Å². The number of aromatic nitrogens is 2. The minimum absolute atomic E-state index is 0.0405. The van der Waals surface area contributed by atoms with Gasteiger partial charge in [-0.1, -0.05) is 42.0 Å². The van der Waals surface area contributed by atoms with Gasteiger partial charge in [-0.25, -0.2) is 4.68 Å². The minimum atomic E-state index is -0.0405. The number of nitrogens with zero attached hydrogens (tertiary/aromatic N) is 3. The van der Waals surface area contributed by atoms with Crippen molar-refractivity contribution in [3.05, 3.63) is 95.2 Å². The van der Waals surface area contributed by atoms with Crippen LogP contribution in [0.4, 0.5) is 0 Å². The smallest absolute Gasteiger partial charge is 0.272 e. The molecule has 0 bridgehead atoms. The van der Waals surface area contributed by atoms with Gasteiger partial charge >= 0.3 is 0 Å². The molecule has 0 aliphatic carbocycles. The summed E-state index contributed by atoms with van der Waals surface area (Å²) in [5.74, 6) is 1.29. The SMILES string of the molecule is COc1ccc(-c2cc(C(=O)N3CCc4ccccc4C3)n(-c3ccc(C)cc3)n2)c(OC)c1. The van der Waals surface area contributed by atoms with Crippen molar-refractivity contribution in [2.45, 2.75) is 19.9 Å². The molecule has 0 atom stereocenters. The van der Waals surface area contributed by atoms with Gasteiger partial charge in [0.25, 0.3) is 5.91 Å². The number of hydrogen-bond acceptors (Lipinski definition) is 4. The number of fused-ring (bicyclic) bond motifs is 1. The van der Waals surface area contributed by atoms with E-state index in [9.17, 15) is 4.79 Å². The van der Waals surface area contributed by atoms with Gasteiger partial charge in [-0.05, 0) is 54.8 Å². The molecule has 0 saturated heterocycles. The maximum atomic E-state index is 13.8. The molecule has 2 heterocycles. The van der Waals surface area contributed by atoms with Crippen LogP contribution in [0, 0.1) is 6.92 Å². The topological polar surface area (TPSA) is 56.6 Å². The van der Waals surface area contributed by atoms with Gasteiger partial charge in [-0.15, -0.1) is 0 Å². The Hall–Kier alpha value is -4.06. The third-order valence-corrected chi connectivity index (χ3v) is 6.31. The fourth-order valence-corrected chi connectivity index (χ4v) is 4.39. The molecule has 6 nitrogen and oxygen atoms in total. The Balaban J connectivity index is 1.58. The standard InChI is InChI=1S/C28H27N3O3/c1-19-8-10-22(11-9-19)31-26(28(32)30-15-14-20-6-4-5-7-21(20)18-30)17-25(29-31)24-13-12-23(33-2)16-27(24)34-3/h4-13,16-17H,14-15,18H2,1-3H3. The lowest BCUT2D eigenvalue weighted by atomic mass is 9.99. The molecule has 1 aromatic heterocycles. The molecular formula is C28H27N3O3. The van der Waals surface area contributed by atoms with Crippen LogP contribution in [-0.4, -0.2) is 41.4 Å². The van der Waals surface area contributed by atoms with E-state index in [0.717, 1.165) is 23.2 Å². The van der Waals surface area contributed by atoms with Gasteiger partial charge in [0.05, 0.1) is 25.6 Å². The minimum Gasteiger partial charge on any atom is -0.497 e. The van der Waals surface area contributed by atoms with E-state index in [-0.39, 0.29) is 5.91 Å². The highest BCUT2D eigenvalue weighted by molar-refractivity contribution is 5.95. The lowest BCUT2D eigenvalue weighted by Gasteiger charge is -2.29. The van der Waals surface area contributed by atoms with Crippen molar-refractivity contribution in [3.8, 4) is 28.4 Å². The van der Waals surface area contributed by atoms with E-state index in [1.165, 1.54) is 11.1 Å². The molecule has 0 fully saturated rings. The van der Waals surface area contributed by atoms with Gasteiger partial charge in [0.15, 0.2) is 0 Å². The Bertz CT molecular complexity index is 1340. The van der Waals surface area contributed by atoms with Crippen LogP contribution in [0.25, 0.3) is 16.9 Å². The fraction of sp³-hybridized carbons (Fsp3) is 0.214. The first-order valence-electron chi connectivity index (χ1n) is 11.3. The van der Waals surface area contributed by atoms with E-state index in [1.807, 2.05) is 66.4 Å². The van der Waals surface area contributed by atoms with Crippen LogP contribution in [-0.2, 0) is 13.0 Å². The molecule has 0 spiro atoms. The summed E-state index contributed by atoms with van der Waals surface area (Å²) in [5.41, 5.74) is 6.48. The van der Waals surface area contributed by atoms with Gasteiger partial charge in [-0.3, -0.25) is 4.79 Å². The van der Waals surface area contributed by atoms with Crippen molar-refractivity contribution in [1.29, 1.82) is 0 Å². The number of rotatable bonds is 5. The normalized spacial score (nSPS) is 12.9. The third kappa shape index (κ3) is 4.03. The summed E-state index contributed by atoms with van der Waals surface area (Å²) in [6.07, 6.45) is 0.847. The highest BCUT2D eigenvalue weighted by atomic mass is 16.5. The third-order valence-electron chi connectivity index (χ3n) is 6.31. The molecule has 1 aliphatic heterocycles. The molecular weight excluding hydrogens is 426 g/mol. The Kier molecular flexibility index (Phi) is 5.80. The molecule has 0 N–H and O–H groups in total. The molecule has 0 unspecified atom stereocenters. The van der Waals surface area contributed by atoms with Crippen molar-refractivity contribution in [3.63, 3.8) is 0 Å². The van der Waals surface area contributed by atoms with E-state index in [4.69, 9.17) is 14.6 Å². The summed E-state index contributed by atoms with van der Waals surface area (Å²) in [6.45, 7) is 3.31. The quantitative estimate of drug-likeness (QED) is 0.424. The van der Waals surface area contributed by atoms with Crippen LogP contribution in [0.1, 0.15) is 27.2 Å². The lowest BCUT2D eigenvalue weighted by Crippen LogP contribution is -2.37. The summed E-state index contributed by atoms with van der Waals surface area (Å²) >= 11 is 0. The zero-order valence-electron chi connectivity index (χ0n) is 19.6. The maximum absolute atomic E-state index is 13.8. The van der Waals surface area contributed by atoms with Crippen LogP contribution in [0.2, 0.25) is 0 Å². The molecule has 0 saturated carbocycles. The molecule has 3 aromatic carbocycles. The first kappa shape index (κ1) is 21.8. The monoisotopic (exact) mass is 453 g/mol. The highest BCUT2D eigenvalue weighted by Gasteiger charge is 2.26. The molecule has 172 valence electrons. The lowest BCUT2D eigenvalue weighted by molar-refractivity contribution is 0.0725. The van der Waals surface area contributed by atoms with Crippen LogP contribution in [0.15, 0.2) is 72.8 Å². The van der Waals surface area contributed by atoms with E-state index >= 15 is 0 Å². The average molecular weight is 454 g/mol. The summed E-state index contributed by atoms with van der Waals surface area (Å²) < 4.78 is 12.7. The maximum Gasteiger partial charge on any atom is 0.272 e. The zero-order chi connectivity index (χ0) is 23.7. The van der Waals surface area contributed by atoms with Gasteiger partial charge in [0.1, 0.15) is 17.2 Å². The number of methoxy groups -OCH3 is 2. The van der Waals surface area contributed by atoms with E-state index in [2.05, 4.69) is 18.2 Å². The van der Waals surface area contributed by atoms with Crippen molar-refractivity contribution in [2.75, 3.05) is 20.8 Å². The number of ether oxygens (including phenoxy) is 2. The number of carbonyl (C=O) groups is 1. The first-order valence-corrected chi connectivity index (χ1v) is 11.3. The molecule has 1 aliphatic rings. The fourth-order valence-electron chi connectivity index (χ4n) is 4.39. The average Bonchev–Trinajstić information content (AvgIpc) is 3.33. The molecule has 34 heavy (non-hydrogen) atoms. The molecule has 5 rings (SSSR count). The predicted octanol–water partition coefficient (Wildman–Crippen LogP) is 5.06. The highest BCUT2D eigenvalue weighted by Crippen LogP contribution is 2.34. The number of hydrogen-bond donors (Lipinski definition) is 0. The van der Waals surface area contributed by atoms with Crippen molar-refractivity contribution < 1.29 is 14.3 Å². The second-order valence-electron chi connectivity index (χ2n) is 8.47. The van der Waals surface area contributed by atoms with Gasteiger partial charge in [0, 0.05) is 24.7 Å². The first-order chi connectivity index (χ1) is 16.6. The predicted molar refractivity (Wildman–Crippen MR) is 132 cm³/mol. The number of carbonyl (C=O) groups excluding carboxylic acids is 1. The number of aryl methyl sites for hydroxylation is 1. The van der Waals surface area contributed by atoms with Crippen molar-refractivity contribution in [2.24, 2.45) is 0 Å². The van der Waals surface area contributed by atoms with Crippen molar-refractivity contribution in [1.82, 2.24) is 14.7 Å². The van der Waals surface area contributed by atoms with Gasteiger partial charge in [-0.2, -0.15) is 5.10 Å². The number of benzene rings is 3. The Morgan fingerprint density at radius 1 is 0.912 bits per heavy atom. The Morgan fingerprint density at radius 2 is 1.68 bits per heavy atom. The zero-order valence-corrected chi connectivity index (χ0v) is 19.6. The van der Waals surface area contributed by atoms with Gasteiger partial charge in [0.2, 0.25) is 0 Å². The Labute approximate surface area is 199 Å². The van der Waals surface area contributed by atoms with Crippen LogP contribution >= 0.6 is 0 Å². The summed E-state index contributed by atoms with van der Waals surface area (Å²) in [5, 5.41) is 4.85. The van der Waals surface area contributed by atoms with E-state index in [1.54, 1.807) is 18.9 Å². The molecule has 6 heteroatoms. The molecule has 0 radical (unpaired) electrons. The number of amides is 1. The Morgan fingerprint density at radius 3 is 2.41 bits per heavy atom. The van der Waals surface area contributed by atoms with Crippen LogP contribution in [0.5, 0.6) is 11.5 Å². The van der Waals surface area contributed by atoms with E-state index in [0.29, 0.717) is 36.0 Å². The molecule has 4 aromatic rings. The largest absolute Gasteiger partial charge is 0.497 e. The summed E-state index contributed by atoms with van der Waals surface area (Å²) in [4.78, 5) is 15.7. The van der Waals surface area contributed by atoms with Crippen LogP contribution < -0.4 is 9.47 Å². The summed E-state index contributed by atoms with van der Waals surface area (Å²) in [6, 6.07) is 23.8.